The van der Waals surface area contributed by atoms with Crippen molar-refractivity contribution in [3.8, 4) is 0 Å². The second-order valence-corrected chi connectivity index (χ2v) is 8.57. The molecule has 0 aliphatic carbocycles. The third-order valence-electron chi connectivity index (χ3n) is 4.68. The number of hydrogen-bond donors (Lipinski definition) is 2. The zero-order chi connectivity index (χ0) is 22.5. The molecule has 162 valence electrons. The Kier molecular flexibility index (Phi) is 6.78. The molecule has 0 spiro atoms. The van der Waals surface area contributed by atoms with Gasteiger partial charge in [0.25, 0.3) is 0 Å². The van der Waals surface area contributed by atoms with Gasteiger partial charge in [0.2, 0.25) is 11.8 Å². The number of fused-ring (bicyclic) bond motifs is 1. The van der Waals surface area contributed by atoms with E-state index >= 15 is 0 Å². The van der Waals surface area contributed by atoms with Gasteiger partial charge in [0.15, 0.2) is 5.16 Å². The van der Waals surface area contributed by atoms with E-state index in [2.05, 4.69) is 27.3 Å². The largest absolute Gasteiger partial charge is 0.326 e. The lowest BCUT2D eigenvalue weighted by Gasteiger charge is -2.10. The molecular weight excluding hydrogens is 444 g/mol. The van der Waals surface area contributed by atoms with Crippen LogP contribution in [0.5, 0.6) is 0 Å². The third kappa shape index (κ3) is 5.49. The van der Waals surface area contributed by atoms with Gasteiger partial charge in [0.05, 0.1) is 23.3 Å². The van der Waals surface area contributed by atoms with Gasteiger partial charge >= 0.3 is 0 Å². The van der Waals surface area contributed by atoms with E-state index in [4.69, 9.17) is 16.6 Å². The molecule has 3 aromatic carbocycles. The summed E-state index contributed by atoms with van der Waals surface area (Å²) in [4.78, 5) is 28.4. The lowest BCUT2D eigenvalue weighted by atomic mass is 10.2. The SMILES string of the molecule is CC(=O)Nc1ccc(NC(=O)CSc2nc3cc(Cl)ccc3n2Cc2ccccc2)cc1. The number of thioether (sulfide) groups is 1. The van der Waals surface area contributed by atoms with Gasteiger partial charge in [-0.05, 0) is 48.0 Å². The predicted molar refractivity (Wildman–Crippen MR) is 130 cm³/mol. The van der Waals surface area contributed by atoms with Crippen molar-refractivity contribution in [2.24, 2.45) is 0 Å². The van der Waals surface area contributed by atoms with E-state index < -0.39 is 0 Å². The summed E-state index contributed by atoms with van der Waals surface area (Å²) in [5.74, 6) is -0.0734. The van der Waals surface area contributed by atoms with Crippen LogP contribution in [-0.4, -0.2) is 27.1 Å². The van der Waals surface area contributed by atoms with Crippen LogP contribution in [0.25, 0.3) is 11.0 Å². The van der Waals surface area contributed by atoms with E-state index in [1.54, 1.807) is 24.3 Å². The number of carbonyl (C=O) groups excluding carboxylic acids is 2. The fourth-order valence-corrected chi connectivity index (χ4v) is 4.26. The molecule has 0 fully saturated rings. The van der Waals surface area contributed by atoms with Crippen LogP contribution in [0.2, 0.25) is 5.02 Å². The number of benzene rings is 3. The quantitative estimate of drug-likeness (QED) is 0.358. The summed E-state index contributed by atoms with van der Waals surface area (Å²) in [5, 5.41) is 6.95. The van der Waals surface area contributed by atoms with Gasteiger partial charge in [-0.2, -0.15) is 0 Å². The van der Waals surface area contributed by atoms with Crippen LogP contribution >= 0.6 is 23.4 Å². The molecule has 4 aromatic rings. The lowest BCUT2D eigenvalue weighted by molar-refractivity contribution is -0.114. The highest BCUT2D eigenvalue weighted by Gasteiger charge is 2.14. The number of amides is 2. The molecule has 8 heteroatoms. The van der Waals surface area contributed by atoms with Crippen molar-refractivity contribution in [2.45, 2.75) is 18.6 Å². The van der Waals surface area contributed by atoms with E-state index in [-0.39, 0.29) is 17.6 Å². The summed E-state index contributed by atoms with van der Waals surface area (Å²) in [6, 6.07) is 22.7. The van der Waals surface area contributed by atoms with Crippen molar-refractivity contribution in [3.63, 3.8) is 0 Å². The molecule has 4 rings (SSSR count). The molecule has 0 bridgehead atoms. The van der Waals surface area contributed by atoms with E-state index in [0.717, 1.165) is 21.8 Å². The Morgan fingerprint density at radius 2 is 1.66 bits per heavy atom. The number of carbonyl (C=O) groups is 2. The van der Waals surface area contributed by atoms with Crippen LogP contribution < -0.4 is 10.6 Å². The molecule has 2 amide bonds. The van der Waals surface area contributed by atoms with Gasteiger partial charge in [-0.25, -0.2) is 4.98 Å². The van der Waals surface area contributed by atoms with Gasteiger partial charge in [-0.1, -0.05) is 53.7 Å². The summed E-state index contributed by atoms with van der Waals surface area (Å²) < 4.78 is 2.10. The van der Waals surface area contributed by atoms with E-state index in [1.165, 1.54) is 18.7 Å². The van der Waals surface area contributed by atoms with Gasteiger partial charge in [0, 0.05) is 23.3 Å². The highest BCUT2D eigenvalue weighted by atomic mass is 35.5. The number of imidazole rings is 1. The van der Waals surface area contributed by atoms with Gasteiger partial charge in [-0.15, -0.1) is 0 Å². The minimum Gasteiger partial charge on any atom is -0.326 e. The average Bonchev–Trinajstić information content (AvgIpc) is 3.10. The van der Waals surface area contributed by atoms with Crippen LogP contribution in [0, 0.1) is 0 Å². The van der Waals surface area contributed by atoms with Crippen molar-refractivity contribution in [2.75, 3.05) is 16.4 Å². The molecule has 0 saturated carbocycles. The molecule has 0 aliphatic rings. The lowest BCUT2D eigenvalue weighted by Crippen LogP contribution is -2.15. The second-order valence-electron chi connectivity index (χ2n) is 7.19. The zero-order valence-electron chi connectivity index (χ0n) is 17.3. The Labute approximate surface area is 195 Å². The first kappa shape index (κ1) is 21.9. The van der Waals surface area contributed by atoms with Crippen molar-refractivity contribution >= 4 is 57.6 Å². The first-order chi connectivity index (χ1) is 15.5. The van der Waals surface area contributed by atoms with Crippen LogP contribution in [0.1, 0.15) is 12.5 Å². The van der Waals surface area contributed by atoms with Gasteiger partial charge < -0.3 is 15.2 Å². The topological polar surface area (TPSA) is 76.0 Å². The van der Waals surface area contributed by atoms with Crippen LogP contribution in [0.15, 0.2) is 78.0 Å². The zero-order valence-corrected chi connectivity index (χ0v) is 18.9. The number of hydrogen-bond acceptors (Lipinski definition) is 4. The van der Waals surface area contributed by atoms with Crippen molar-refractivity contribution < 1.29 is 9.59 Å². The Bertz CT molecular complexity index is 1260. The first-order valence-electron chi connectivity index (χ1n) is 9.98. The standard InChI is InChI=1S/C24H21ClN4O2S/c1-16(30)26-19-8-10-20(11-9-19)27-23(31)15-32-24-28-21-13-18(25)7-12-22(21)29(24)14-17-5-3-2-4-6-17/h2-13H,14-15H2,1H3,(H,26,30)(H,27,31). The van der Waals surface area contributed by atoms with E-state index in [1.807, 2.05) is 36.4 Å². The van der Waals surface area contributed by atoms with Crippen LogP contribution in [0.4, 0.5) is 11.4 Å². The first-order valence-corrected chi connectivity index (χ1v) is 11.3. The molecule has 0 radical (unpaired) electrons. The number of nitrogens with one attached hydrogen (secondary N) is 2. The number of rotatable bonds is 7. The monoisotopic (exact) mass is 464 g/mol. The maximum Gasteiger partial charge on any atom is 0.234 e. The molecule has 1 aromatic heterocycles. The van der Waals surface area contributed by atoms with Crippen molar-refractivity contribution in [3.05, 3.63) is 83.4 Å². The number of halogens is 1. The molecule has 6 nitrogen and oxygen atoms in total. The molecule has 32 heavy (non-hydrogen) atoms. The molecule has 0 aliphatic heterocycles. The predicted octanol–water partition coefficient (Wildman–Crippen LogP) is 5.43. The molecule has 0 saturated heterocycles. The Hall–Kier alpha value is -3.29. The summed E-state index contributed by atoms with van der Waals surface area (Å²) in [5.41, 5.74) is 4.25. The number of nitrogens with zero attached hydrogens (tertiary/aromatic N) is 2. The van der Waals surface area contributed by atoms with Crippen molar-refractivity contribution in [1.82, 2.24) is 9.55 Å². The Morgan fingerprint density at radius 3 is 2.34 bits per heavy atom. The minimum atomic E-state index is -0.141. The summed E-state index contributed by atoms with van der Waals surface area (Å²) in [7, 11) is 0. The van der Waals surface area contributed by atoms with Gasteiger partial charge in [-0.3, -0.25) is 9.59 Å². The van der Waals surface area contributed by atoms with E-state index in [9.17, 15) is 9.59 Å². The fourth-order valence-electron chi connectivity index (χ4n) is 3.28. The third-order valence-corrected chi connectivity index (χ3v) is 5.89. The van der Waals surface area contributed by atoms with Crippen LogP contribution in [-0.2, 0) is 16.1 Å². The summed E-state index contributed by atoms with van der Waals surface area (Å²) in [6.45, 7) is 2.10. The number of aromatic nitrogens is 2. The smallest absolute Gasteiger partial charge is 0.234 e. The molecule has 0 unspecified atom stereocenters. The van der Waals surface area contributed by atoms with Crippen LogP contribution in [0.3, 0.4) is 0 Å². The Balaban J connectivity index is 1.48. The fraction of sp³-hybridized carbons (Fsp3) is 0.125. The number of anilines is 2. The maximum atomic E-state index is 12.5. The molecule has 1 heterocycles. The Morgan fingerprint density at radius 1 is 0.969 bits per heavy atom. The minimum absolute atomic E-state index is 0.140. The molecule has 0 atom stereocenters. The average molecular weight is 465 g/mol. The summed E-state index contributed by atoms with van der Waals surface area (Å²) in [6.07, 6.45) is 0. The van der Waals surface area contributed by atoms with Crippen molar-refractivity contribution in [1.29, 1.82) is 0 Å². The highest BCUT2D eigenvalue weighted by molar-refractivity contribution is 7.99. The second kappa shape index (κ2) is 9.89. The highest BCUT2D eigenvalue weighted by Crippen LogP contribution is 2.27. The normalized spacial score (nSPS) is 10.8. The maximum absolute atomic E-state index is 12.5. The summed E-state index contributed by atoms with van der Waals surface area (Å²) >= 11 is 7.53. The van der Waals surface area contributed by atoms with Gasteiger partial charge in [0.1, 0.15) is 0 Å². The van der Waals surface area contributed by atoms with E-state index in [0.29, 0.717) is 22.9 Å². The molecular formula is C24H21ClN4O2S. The molecule has 2 N–H and O–H groups in total.